The van der Waals surface area contributed by atoms with E-state index in [9.17, 15) is 18.5 Å². The number of nitro benzene ring substituents is 1. The van der Waals surface area contributed by atoms with E-state index in [1.807, 2.05) is 6.92 Å². The summed E-state index contributed by atoms with van der Waals surface area (Å²) in [5.74, 6) is 0.306. The summed E-state index contributed by atoms with van der Waals surface area (Å²) in [5, 5.41) is 13.7. The third kappa shape index (κ3) is 3.16. The van der Waals surface area contributed by atoms with E-state index >= 15 is 0 Å². The van der Waals surface area contributed by atoms with Gasteiger partial charge >= 0.3 is 0 Å². The Bertz CT molecular complexity index is 645. The van der Waals surface area contributed by atoms with Crippen LogP contribution in [0.2, 0.25) is 0 Å². The number of hydrogen-bond donors (Lipinski definition) is 1. The van der Waals surface area contributed by atoms with Crippen LogP contribution >= 0.6 is 0 Å². The summed E-state index contributed by atoms with van der Waals surface area (Å²) in [7, 11) is -2.12. The van der Waals surface area contributed by atoms with Crippen LogP contribution < -0.4 is 5.32 Å². The Labute approximate surface area is 124 Å². The van der Waals surface area contributed by atoms with Crippen molar-refractivity contribution < 1.29 is 13.3 Å². The molecule has 1 aromatic rings. The highest BCUT2D eigenvalue weighted by Gasteiger charge is 2.30. The maximum atomic E-state index is 12.6. The second-order valence-corrected chi connectivity index (χ2v) is 7.23. The van der Waals surface area contributed by atoms with E-state index < -0.39 is 14.9 Å². The van der Waals surface area contributed by atoms with Gasteiger partial charge in [-0.05, 0) is 30.9 Å². The highest BCUT2D eigenvalue weighted by Crippen LogP contribution is 2.30. The average molecular weight is 313 g/mol. The standard InChI is InChI=1S/C13H19N3O4S/c1-10-4-3-7-15(9-10)21(19,20)11-5-6-12(14-2)13(8-11)16(17)18/h5-6,8,10,14H,3-4,7,9H2,1-2H3/t10-/m1/s1. The molecule has 1 aliphatic rings. The first-order valence-electron chi connectivity index (χ1n) is 6.82. The molecule has 1 aromatic carbocycles. The van der Waals surface area contributed by atoms with Crippen LogP contribution in [0.15, 0.2) is 23.1 Å². The Morgan fingerprint density at radius 1 is 1.43 bits per heavy atom. The lowest BCUT2D eigenvalue weighted by molar-refractivity contribution is -0.384. The van der Waals surface area contributed by atoms with E-state index in [0.29, 0.717) is 24.7 Å². The van der Waals surface area contributed by atoms with Crippen molar-refractivity contribution in [2.24, 2.45) is 5.92 Å². The highest BCUT2D eigenvalue weighted by molar-refractivity contribution is 7.89. The zero-order valence-electron chi connectivity index (χ0n) is 12.1. The van der Waals surface area contributed by atoms with Crippen LogP contribution in [-0.2, 0) is 10.0 Å². The molecule has 0 amide bonds. The predicted molar refractivity (Wildman–Crippen MR) is 79.8 cm³/mol. The number of nitrogens with one attached hydrogen (secondary N) is 1. The first-order chi connectivity index (χ1) is 9.86. The van der Waals surface area contributed by atoms with Crippen molar-refractivity contribution >= 4 is 21.4 Å². The molecule has 1 heterocycles. The quantitative estimate of drug-likeness (QED) is 0.678. The van der Waals surface area contributed by atoms with Crippen molar-refractivity contribution in [3.05, 3.63) is 28.3 Å². The van der Waals surface area contributed by atoms with Gasteiger partial charge in [-0.15, -0.1) is 0 Å². The van der Waals surface area contributed by atoms with Crippen molar-refractivity contribution in [1.82, 2.24) is 4.31 Å². The first-order valence-corrected chi connectivity index (χ1v) is 8.26. The van der Waals surface area contributed by atoms with Gasteiger partial charge in [0.25, 0.3) is 5.69 Å². The van der Waals surface area contributed by atoms with Gasteiger partial charge in [-0.25, -0.2) is 8.42 Å². The molecule has 8 heteroatoms. The second kappa shape index (κ2) is 5.98. The van der Waals surface area contributed by atoms with Gasteiger partial charge in [-0.2, -0.15) is 4.31 Å². The molecule has 0 radical (unpaired) electrons. The molecule has 0 aromatic heterocycles. The topological polar surface area (TPSA) is 92.6 Å². The number of piperidine rings is 1. The number of nitrogens with zero attached hydrogens (tertiary/aromatic N) is 2. The van der Waals surface area contributed by atoms with Crippen LogP contribution in [0.1, 0.15) is 19.8 Å². The molecular formula is C13H19N3O4S. The van der Waals surface area contributed by atoms with Crippen molar-refractivity contribution in [2.45, 2.75) is 24.7 Å². The second-order valence-electron chi connectivity index (χ2n) is 5.30. The normalized spacial score (nSPS) is 20.2. The molecule has 1 fully saturated rings. The summed E-state index contributed by atoms with van der Waals surface area (Å²) in [6.07, 6.45) is 1.82. The monoisotopic (exact) mass is 313 g/mol. The summed E-state index contributed by atoms with van der Waals surface area (Å²) in [6, 6.07) is 3.96. The van der Waals surface area contributed by atoms with E-state index in [0.717, 1.165) is 18.9 Å². The SMILES string of the molecule is CNc1ccc(S(=O)(=O)N2CCC[C@@H](C)C2)cc1[N+](=O)[O-]. The third-order valence-electron chi connectivity index (χ3n) is 3.69. The molecular weight excluding hydrogens is 294 g/mol. The molecule has 0 bridgehead atoms. The highest BCUT2D eigenvalue weighted by atomic mass is 32.2. The number of rotatable bonds is 4. The maximum Gasteiger partial charge on any atom is 0.293 e. The molecule has 21 heavy (non-hydrogen) atoms. The van der Waals surface area contributed by atoms with Gasteiger partial charge < -0.3 is 5.32 Å². The predicted octanol–water partition coefficient (Wildman–Crippen LogP) is 2.06. The van der Waals surface area contributed by atoms with Crippen LogP contribution in [0.3, 0.4) is 0 Å². The van der Waals surface area contributed by atoms with Crippen molar-refractivity contribution in [2.75, 3.05) is 25.5 Å². The summed E-state index contributed by atoms with van der Waals surface area (Å²) >= 11 is 0. The average Bonchev–Trinajstić information content (AvgIpc) is 2.46. The Morgan fingerprint density at radius 2 is 2.14 bits per heavy atom. The van der Waals surface area contributed by atoms with Crippen molar-refractivity contribution in [1.29, 1.82) is 0 Å². The summed E-state index contributed by atoms with van der Waals surface area (Å²) in [5.41, 5.74) is 0.0644. The minimum Gasteiger partial charge on any atom is -0.383 e. The van der Waals surface area contributed by atoms with Gasteiger partial charge in [-0.3, -0.25) is 10.1 Å². The van der Waals surface area contributed by atoms with Gasteiger partial charge in [-0.1, -0.05) is 6.92 Å². The molecule has 0 aliphatic carbocycles. The summed E-state index contributed by atoms with van der Waals surface area (Å²) in [4.78, 5) is 10.4. The van der Waals surface area contributed by atoms with E-state index in [1.54, 1.807) is 7.05 Å². The van der Waals surface area contributed by atoms with Crippen molar-refractivity contribution in [3.63, 3.8) is 0 Å². The van der Waals surface area contributed by atoms with Gasteiger partial charge in [0.05, 0.1) is 9.82 Å². The zero-order valence-corrected chi connectivity index (χ0v) is 12.9. The third-order valence-corrected chi connectivity index (χ3v) is 5.55. The number of nitro groups is 1. The van der Waals surface area contributed by atoms with Gasteiger partial charge in [0, 0.05) is 26.2 Å². The summed E-state index contributed by atoms with van der Waals surface area (Å²) in [6.45, 7) is 2.94. The fourth-order valence-electron chi connectivity index (χ4n) is 2.55. The lowest BCUT2D eigenvalue weighted by atomic mass is 10.0. The number of hydrogen-bond acceptors (Lipinski definition) is 5. The lowest BCUT2D eigenvalue weighted by Crippen LogP contribution is -2.39. The molecule has 1 aliphatic heterocycles. The Hall–Kier alpha value is -1.67. The Kier molecular flexibility index (Phi) is 4.48. The van der Waals surface area contributed by atoms with Crippen LogP contribution in [0.5, 0.6) is 0 Å². The molecule has 116 valence electrons. The fraction of sp³-hybridized carbons (Fsp3) is 0.538. The van der Waals surface area contributed by atoms with E-state index in [2.05, 4.69) is 5.32 Å². The van der Waals surface area contributed by atoms with Crippen LogP contribution in [0.4, 0.5) is 11.4 Å². The Morgan fingerprint density at radius 3 is 2.71 bits per heavy atom. The minimum atomic E-state index is -3.67. The smallest absolute Gasteiger partial charge is 0.293 e. The molecule has 7 nitrogen and oxygen atoms in total. The van der Waals surface area contributed by atoms with E-state index in [4.69, 9.17) is 0 Å². The minimum absolute atomic E-state index is 0.0256. The maximum absolute atomic E-state index is 12.6. The molecule has 1 N–H and O–H groups in total. The largest absolute Gasteiger partial charge is 0.383 e. The molecule has 0 unspecified atom stereocenters. The molecule has 2 rings (SSSR count). The number of benzene rings is 1. The summed E-state index contributed by atoms with van der Waals surface area (Å²) < 4.78 is 26.6. The van der Waals surface area contributed by atoms with Crippen molar-refractivity contribution in [3.8, 4) is 0 Å². The van der Waals surface area contributed by atoms with Crippen LogP contribution in [0.25, 0.3) is 0 Å². The zero-order chi connectivity index (χ0) is 15.6. The number of anilines is 1. The molecule has 1 atom stereocenters. The Balaban J connectivity index is 2.40. The van der Waals surface area contributed by atoms with Gasteiger partial charge in [0.15, 0.2) is 0 Å². The van der Waals surface area contributed by atoms with Gasteiger partial charge in [0.1, 0.15) is 5.69 Å². The molecule has 1 saturated heterocycles. The fourth-order valence-corrected chi connectivity index (χ4v) is 4.17. The number of sulfonamides is 1. The molecule has 0 spiro atoms. The van der Waals surface area contributed by atoms with Crippen LogP contribution in [0, 0.1) is 16.0 Å². The van der Waals surface area contributed by atoms with E-state index in [1.165, 1.54) is 16.4 Å². The van der Waals surface area contributed by atoms with Gasteiger partial charge in [0.2, 0.25) is 10.0 Å². The lowest BCUT2D eigenvalue weighted by Gasteiger charge is -2.30. The first kappa shape index (κ1) is 15.7. The van der Waals surface area contributed by atoms with Crippen LogP contribution in [-0.4, -0.2) is 37.8 Å². The molecule has 0 saturated carbocycles. The van der Waals surface area contributed by atoms with E-state index in [-0.39, 0.29) is 10.6 Å².